The topological polar surface area (TPSA) is 73.9 Å². The molecule has 1 amide bonds. The molecule has 0 bridgehead atoms. The first-order valence-electron chi connectivity index (χ1n) is 12.1. The molecular weight excluding hydrogens is 430 g/mol. The second-order valence-electron chi connectivity index (χ2n) is 9.71. The first-order chi connectivity index (χ1) is 16.3. The maximum atomic E-state index is 13.0. The highest BCUT2D eigenvalue weighted by Gasteiger charge is 2.38. The summed E-state index contributed by atoms with van der Waals surface area (Å²) in [5.41, 5.74) is 4.85. The molecular formula is C28H35NO5. The zero-order chi connectivity index (χ0) is 24.5. The minimum absolute atomic E-state index is 0.0911. The predicted molar refractivity (Wildman–Crippen MR) is 133 cm³/mol. The van der Waals surface area contributed by atoms with Crippen LogP contribution in [0.2, 0.25) is 0 Å². The summed E-state index contributed by atoms with van der Waals surface area (Å²) >= 11 is 0. The van der Waals surface area contributed by atoms with E-state index in [2.05, 4.69) is 18.3 Å². The van der Waals surface area contributed by atoms with Crippen molar-refractivity contribution in [2.24, 2.45) is 0 Å². The van der Waals surface area contributed by atoms with Crippen molar-refractivity contribution in [1.29, 1.82) is 0 Å². The van der Waals surface area contributed by atoms with Crippen LogP contribution in [-0.2, 0) is 16.6 Å². The lowest BCUT2D eigenvalue weighted by molar-refractivity contribution is -0.119. The molecule has 0 unspecified atom stereocenters. The molecule has 6 nitrogen and oxygen atoms in total. The summed E-state index contributed by atoms with van der Waals surface area (Å²) in [5, 5.41) is 3.08. The maximum absolute atomic E-state index is 13.0. The van der Waals surface area contributed by atoms with Gasteiger partial charge in [0.1, 0.15) is 0 Å². The molecule has 0 spiro atoms. The Labute approximate surface area is 201 Å². The third kappa shape index (κ3) is 4.26. The average Bonchev–Trinajstić information content (AvgIpc) is 3.06. The van der Waals surface area contributed by atoms with Crippen LogP contribution in [0.15, 0.2) is 29.1 Å². The van der Waals surface area contributed by atoms with E-state index < -0.39 is 0 Å². The van der Waals surface area contributed by atoms with E-state index in [1.54, 1.807) is 26.4 Å². The molecule has 0 saturated heterocycles. The molecule has 2 aromatic carbocycles. The summed E-state index contributed by atoms with van der Waals surface area (Å²) in [6, 6.07) is 7.12. The molecule has 4 rings (SSSR count). The van der Waals surface area contributed by atoms with Gasteiger partial charge < -0.3 is 19.5 Å². The van der Waals surface area contributed by atoms with Gasteiger partial charge in [0, 0.05) is 12.5 Å². The van der Waals surface area contributed by atoms with E-state index in [0.29, 0.717) is 6.42 Å². The van der Waals surface area contributed by atoms with Crippen molar-refractivity contribution in [3.05, 3.63) is 51.2 Å². The fourth-order valence-corrected chi connectivity index (χ4v) is 5.87. The summed E-state index contributed by atoms with van der Waals surface area (Å²) in [6.45, 7) is 3.84. The first-order valence-corrected chi connectivity index (χ1v) is 12.1. The number of carbonyl (C=O) groups excluding carboxylic acids is 1. The maximum Gasteiger partial charge on any atom is 0.220 e. The van der Waals surface area contributed by atoms with Crippen LogP contribution in [0.3, 0.4) is 0 Å². The van der Waals surface area contributed by atoms with E-state index in [-0.39, 0.29) is 28.5 Å². The van der Waals surface area contributed by atoms with Crippen LogP contribution in [0.5, 0.6) is 17.2 Å². The van der Waals surface area contributed by atoms with E-state index in [1.807, 2.05) is 6.07 Å². The molecule has 0 heterocycles. The Balaban J connectivity index is 2.12. The third-order valence-corrected chi connectivity index (χ3v) is 7.50. The van der Waals surface area contributed by atoms with Crippen molar-refractivity contribution >= 4 is 5.91 Å². The van der Waals surface area contributed by atoms with Gasteiger partial charge in [-0.1, -0.05) is 32.3 Å². The van der Waals surface area contributed by atoms with Crippen LogP contribution < -0.4 is 25.0 Å². The number of fused-ring (bicyclic) bond motifs is 3. The molecule has 2 aliphatic rings. The lowest BCUT2D eigenvalue weighted by Gasteiger charge is -2.38. The number of benzene rings is 1. The van der Waals surface area contributed by atoms with Gasteiger partial charge in [0.05, 0.1) is 27.4 Å². The highest BCUT2D eigenvalue weighted by Crippen LogP contribution is 2.53. The minimum atomic E-state index is -0.284. The molecule has 6 heteroatoms. The Morgan fingerprint density at radius 2 is 1.71 bits per heavy atom. The number of nitrogens with one attached hydrogen (secondary N) is 1. The Hall–Kier alpha value is -3.02. The van der Waals surface area contributed by atoms with Gasteiger partial charge in [0.2, 0.25) is 11.3 Å². The molecule has 0 aliphatic heterocycles. The van der Waals surface area contributed by atoms with Crippen LogP contribution in [0.25, 0.3) is 11.1 Å². The van der Waals surface area contributed by atoms with E-state index in [0.717, 1.165) is 71.4 Å². The molecule has 0 radical (unpaired) electrons. The lowest BCUT2D eigenvalue weighted by Crippen LogP contribution is -2.27. The Morgan fingerprint density at radius 3 is 2.32 bits per heavy atom. The lowest BCUT2D eigenvalue weighted by atomic mass is 9.67. The SMILES string of the molecule is COc1cc2c(c(C3(C)CCCCC3)c1OC)-c1ccc(OC)c(=O)cc1[C@@H](NC(C)=O)CC2. The molecule has 1 atom stereocenters. The number of aryl methyl sites for hydroxylation is 1. The monoisotopic (exact) mass is 465 g/mol. The summed E-state index contributed by atoms with van der Waals surface area (Å²) in [4.78, 5) is 25.1. The predicted octanol–water partition coefficient (Wildman–Crippen LogP) is 5.08. The fourth-order valence-electron chi connectivity index (χ4n) is 5.87. The number of ether oxygens (including phenoxy) is 3. The second kappa shape index (κ2) is 9.69. The van der Waals surface area contributed by atoms with Crippen LogP contribution in [0.1, 0.15) is 75.1 Å². The van der Waals surface area contributed by atoms with Crippen molar-refractivity contribution in [2.45, 2.75) is 70.3 Å². The van der Waals surface area contributed by atoms with Gasteiger partial charge in [-0.15, -0.1) is 0 Å². The number of hydrogen-bond donors (Lipinski definition) is 1. The third-order valence-electron chi connectivity index (χ3n) is 7.50. The highest BCUT2D eigenvalue weighted by atomic mass is 16.5. The average molecular weight is 466 g/mol. The van der Waals surface area contributed by atoms with Crippen LogP contribution in [-0.4, -0.2) is 27.2 Å². The summed E-state index contributed by atoms with van der Waals surface area (Å²) in [6.07, 6.45) is 7.09. The summed E-state index contributed by atoms with van der Waals surface area (Å²) in [7, 11) is 4.88. The standard InChI is InChI=1S/C28H35NO5/c1-17(30)29-21-11-9-18-15-24(33-4)27(34-5)26(28(2)13-7-6-8-14-28)25(18)19-10-12-23(32-3)22(31)16-20(19)21/h10,12,15-16,21H,6-9,11,13-14H2,1-5H3,(H,29,30)/t21-/m0/s1. The normalized spacial score (nSPS) is 18.7. The summed E-state index contributed by atoms with van der Waals surface area (Å²) in [5.74, 6) is 1.64. The van der Waals surface area contributed by atoms with Gasteiger partial charge in [-0.25, -0.2) is 0 Å². The van der Waals surface area contributed by atoms with Crippen LogP contribution >= 0.6 is 0 Å². The van der Waals surface area contributed by atoms with Gasteiger partial charge in [0.25, 0.3) is 0 Å². The number of rotatable bonds is 5. The molecule has 182 valence electrons. The van der Waals surface area contributed by atoms with Crippen molar-refractivity contribution < 1.29 is 19.0 Å². The van der Waals surface area contributed by atoms with Crippen LogP contribution in [0, 0.1) is 0 Å². The number of carbonyl (C=O) groups is 1. The highest BCUT2D eigenvalue weighted by molar-refractivity contribution is 5.82. The molecule has 34 heavy (non-hydrogen) atoms. The summed E-state index contributed by atoms with van der Waals surface area (Å²) < 4.78 is 17.2. The number of methoxy groups -OCH3 is 3. The second-order valence-corrected chi connectivity index (χ2v) is 9.71. The van der Waals surface area contributed by atoms with Gasteiger partial charge in [-0.2, -0.15) is 0 Å². The van der Waals surface area contributed by atoms with Gasteiger partial charge in [0.15, 0.2) is 17.2 Å². The van der Waals surface area contributed by atoms with Crippen LogP contribution in [0.4, 0.5) is 0 Å². The molecule has 1 N–H and O–H groups in total. The zero-order valence-electron chi connectivity index (χ0n) is 20.9. The first kappa shape index (κ1) is 24.1. The smallest absolute Gasteiger partial charge is 0.220 e. The van der Waals surface area contributed by atoms with Crippen molar-refractivity contribution in [1.82, 2.24) is 5.32 Å². The van der Waals surface area contributed by atoms with E-state index in [4.69, 9.17) is 14.2 Å². The Kier molecular flexibility index (Phi) is 6.87. The van der Waals surface area contributed by atoms with Gasteiger partial charge in [-0.3, -0.25) is 9.59 Å². The number of amides is 1. The molecule has 2 aromatic rings. The van der Waals surface area contributed by atoms with Gasteiger partial charge >= 0.3 is 0 Å². The minimum Gasteiger partial charge on any atom is -0.493 e. The van der Waals surface area contributed by atoms with Crippen molar-refractivity contribution in [2.75, 3.05) is 21.3 Å². The molecule has 0 aromatic heterocycles. The van der Waals surface area contributed by atoms with Crippen molar-refractivity contribution in [3.8, 4) is 28.4 Å². The fraction of sp³-hybridized carbons (Fsp3) is 0.500. The Morgan fingerprint density at radius 1 is 1.00 bits per heavy atom. The Bertz CT molecular complexity index is 1150. The zero-order valence-corrected chi connectivity index (χ0v) is 20.9. The molecule has 1 fully saturated rings. The van der Waals surface area contributed by atoms with E-state index in [1.165, 1.54) is 20.5 Å². The number of hydrogen-bond acceptors (Lipinski definition) is 5. The largest absolute Gasteiger partial charge is 0.493 e. The van der Waals surface area contributed by atoms with Crippen molar-refractivity contribution in [3.63, 3.8) is 0 Å². The quantitative estimate of drug-likeness (QED) is 0.666. The molecule has 1 saturated carbocycles. The molecule has 2 aliphatic carbocycles. The van der Waals surface area contributed by atoms with E-state index >= 15 is 0 Å². The van der Waals surface area contributed by atoms with Gasteiger partial charge in [-0.05, 0) is 71.6 Å². The van der Waals surface area contributed by atoms with E-state index in [9.17, 15) is 9.59 Å².